The number of benzene rings is 1. The van der Waals surface area contributed by atoms with Crippen molar-refractivity contribution in [3.63, 3.8) is 0 Å². The summed E-state index contributed by atoms with van der Waals surface area (Å²) in [5, 5.41) is 0. The maximum atomic E-state index is 5.30. The van der Waals surface area contributed by atoms with E-state index in [0.717, 1.165) is 35.3 Å². The molecule has 1 heteroatoms. The average molecular weight is 343 g/mol. The van der Waals surface area contributed by atoms with Gasteiger partial charge in [0.2, 0.25) is 0 Å². The lowest BCUT2D eigenvalue weighted by Gasteiger charge is -2.42. The zero-order valence-electron chi connectivity index (χ0n) is 16.7. The van der Waals surface area contributed by atoms with Crippen LogP contribution in [0.2, 0.25) is 0 Å². The highest BCUT2D eigenvalue weighted by atomic mass is 16.5. The zero-order chi connectivity index (χ0) is 17.6. The minimum Gasteiger partial charge on any atom is -0.497 e. The second-order valence-corrected chi connectivity index (χ2v) is 8.85. The molecule has 1 nitrogen and oxygen atoms in total. The molecule has 0 aromatic heterocycles. The minimum atomic E-state index is 0.776. The van der Waals surface area contributed by atoms with Gasteiger partial charge >= 0.3 is 0 Å². The molecule has 0 spiro atoms. The molecule has 0 saturated heterocycles. The molecule has 2 saturated carbocycles. The summed E-state index contributed by atoms with van der Waals surface area (Å²) in [6, 6.07) is 8.82. The Morgan fingerprint density at radius 2 is 1.68 bits per heavy atom. The van der Waals surface area contributed by atoms with Gasteiger partial charge < -0.3 is 4.74 Å². The molecule has 0 heterocycles. The van der Waals surface area contributed by atoms with Crippen LogP contribution in [-0.4, -0.2) is 7.11 Å². The fraction of sp³-hybridized carbons (Fsp3) is 0.750. The molecular weight excluding hydrogens is 304 g/mol. The molecular formula is C24H38O. The van der Waals surface area contributed by atoms with Crippen molar-refractivity contribution in [2.24, 2.45) is 23.7 Å². The maximum absolute atomic E-state index is 5.30. The average Bonchev–Trinajstić information content (AvgIpc) is 2.67. The predicted molar refractivity (Wildman–Crippen MR) is 107 cm³/mol. The molecule has 0 bridgehead atoms. The van der Waals surface area contributed by atoms with Gasteiger partial charge in [0.05, 0.1) is 7.11 Å². The highest BCUT2D eigenvalue weighted by Gasteiger charge is 2.35. The third-order valence-corrected chi connectivity index (χ3v) is 7.27. The largest absolute Gasteiger partial charge is 0.497 e. The number of ether oxygens (including phenoxy) is 1. The van der Waals surface area contributed by atoms with E-state index in [0.29, 0.717) is 0 Å². The molecule has 1 aromatic carbocycles. The molecule has 2 aliphatic rings. The summed E-state index contributed by atoms with van der Waals surface area (Å²) >= 11 is 0. The molecule has 2 aliphatic carbocycles. The van der Waals surface area contributed by atoms with Gasteiger partial charge in [-0.1, -0.05) is 51.7 Å². The Bertz CT molecular complexity index is 497. The Morgan fingerprint density at radius 1 is 0.960 bits per heavy atom. The summed E-state index contributed by atoms with van der Waals surface area (Å²) in [6.07, 6.45) is 14.5. The molecule has 0 aliphatic heterocycles. The maximum Gasteiger partial charge on any atom is 0.118 e. The van der Waals surface area contributed by atoms with Gasteiger partial charge in [-0.2, -0.15) is 0 Å². The number of hydrogen-bond acceptors (Lipinski definition) is 1. The number of rotatable bonds is 6. The van der Waals surface area contributed by atoms with Crippen molar-refractivity contribution in [2.45, 2.75) is 84.0 Å². The molecule has 25 heavy (non-hydrogen) atoms. The smallest absolute Gasteiger partial charge is 0.118 e. The van der Waals surface area contributed by atoms with Crippen molar-refractivity contribution in [1.82, 2.24) is 0 Å². The van der Waals surface area contributed by atoms with Crippen LogP contribution in [0.15, 0.2) is 24.3 Å². The first-order valence-corrected chi connectivity index (χ1v) is 10.8. The molecule has 3 atom stereocenters. The van der Waals surface area contributed by atoms with Gasteiger partial charge in [0.25, 0.3) is 0 Å². The molecule has 3 rings (SSSR count). The van der Waals surface area contributed by atoms with Crippen LogP contribution in [0.1, 0.15) is 89.5 Å². The fourth-order valence-corrected chi connectivity index (χ4v) is 5.74. The Hall–Kier alpha value is -0.980. The van der Waals surface area contributed by atoms with Crippen molar-refractivity contribution in [1.29, 1.82) is 0 Å². The third-order valence-electron chi connectivity index (χ3n) is 7.27. The van der Waals surface area contributed by atoms with Gasteiger partial charge in [-0.15, -0.1) is 0 Å². The van der Waals surface area contributed by atoms with E-state index in [2.05, 4.69) is 38.1 Å². The van der Waals surface area contributed by atoms with Crippen molar-refractivity contribution in [3.05, 3.63) is 29.8 Å². The van der Waals surface area contributed by atoms with E-state index in [4.69, 9.17) is 4.74 Å². The monoisotopic (exact) mass is 342 g/mol. The summed E-state index contributed by atoms with van der Waals surface area (Å²) in [6.45, 7) is 4.88. The first-order chi connectivity index (χ1) is 12.2. The fourth-order valence-electron chi connectivity index (χ4n) is 5.74. The first kappa shape index (κ1) is 18.8. The minimum absolute atomic E-state index is 0.776. The van der Waals surface area contributed by atoms with E-state index in [1.54, 1.807) is 7.11 Å². The summed E-state index contributed by atoms with van der Waals surface area (Å²) in [5.74, 6) is 5.75. The van der Waals surface area contributed by atoms with Crippen LogP contribution in [0.5, 0.6) is 5.75 Å². The van der Waals surface area contributed by atoms with Crippen molar-refractivity contribution < 1.29 is 4.74 Å². The number of hydrogen-bond donors (Lipinski definition) is 0. The second-order valence-electron chi connectivity index (χ2n) is 8.85. The van der Waals surface area contributed by atoms with E-state index in [9.17, 15) is 0 Å². The summed E-state index contributed by atoms with van der Waals surface area (Å²) in [5.41, 5.74) is 1.52. The first-order valence-electron chi connectivity index (χ1n) is 10.8. The molecule has 2 fully saturated rings. The van der Waals surface area contributed by atoms with Crippen molar-refractivity contribution in [2.75, 3.05) is 7.11 Å². The second kappa shape index (κ2) is 9.10. The zero-order valence-corrected chi connectivity index (χ0v) is 16.7. The van der Waals surface area contributed by atoms with Crippen LogP contribution >= 0.6 is 0 Å². The molecule has 0 amide bonds. The Morgan fingerprint density at radius 3 is 2.28 bits per heavy atom. The molecule has 0 radical (unpaired) electrons. The van der Waals surface area contributed by atoms with Crippen LogP contribution in [0.25, 0.3) is 0 Å². The lowest BCUT2D eigenvalue weighted by atomic mass is 9.64. The van der Waals surface area contributed by atoms with Gasteiger partial charge in [0.15, 0.2) is 0 Å². The summed E-state index contributed by atoms with van der Waals surface area (Å²) in [4.78, 5) is 0. The van der Waals surface area contributed by atoms with Crippen molar-refractivity contribution >= 4 is 0 Å². The SMILES string of the molecule is CCCCC1CCC(C2CCC(c3ccc(OC)cc3)CC2)C(C)C1. The molecule has 0 N–H and O–H groups in total. The van der Waals surface area contributed by atoms with Crippen LogP contribution in [-0.2, 0) is 0 Å². The van der Waals surface area contributed by atoms with Gasteiger partial charge in [-0.05, 0) is 85.8 Å². The predicted octanol–water partition coefficient (Wildman–Crippen LogP) is 7.21. The van der Waals surface area contributed by atoms with E-state index in [1.165, 1.54) is 69.8 Å². The third kappa shape index (κ3) is 4.80. The Kier molecular flexibility index (Phi) is 6.84. The van der Waals surface area contributed by atoms with Crippen LogP contribution in [0.3, 0.4) is 0 Å². The topological polar surface area (TPSA) is 9.23 Å². The van der Waals surface area contributed by atoms with E-state index in [-0.39, 0.29) is 0 Å². The van der Waals surface area contributed by atoms with Crippen LogP contribution in [0, 0.1) is 23.7 Å². The Balaban J connectivity index is 1.48. The van der Waals surface area contributed by atoms with Gasteiger partial charge in [-0.25, -0.2) is 0 Å². The van der Waals surface area contributed by atoms with Gasteiger partial charge in [0, 0.05) is 0 Å². The Labute approximate surface area is 155 Å². The summed E-state index contributed by atoms with van der Waals surface area (Å²) in [7, 11) is 1.75. The van der Waals surface area contributed by atoms with Crippen LogP contribution < -0.4 is 4.74 Å². The quantitative estimate of drug-likeness (QED) is 0.530. The van der Waals surface area contributed by atoms with E-state index < -0.39 is 0 Å². The molecule has 1 aromatic rings. The molecule has 140 valence electrons. The van der Waals surface area contributed by atoms with Gasteiger partial charge in [0.1, 0.15) is 5.75 Å². The van der Waals surface area contributed by atoms with E-state index >= 15 is 0 Å². The number of methoxy groups -OCH3 is 1. The van der Waals surface area contributed by atoms with E-state index in [1.807, 2.05) is 0 Å². The van der Waals surface area contributed by atoms with Gasteiger partial charge in [-0.3, -0.25) is 0 Å². The highest BCUT2D eigenvalue weighted by Crippen LogP contribution is 2.46. The lowest BCUT2D eigenvalue weighted by Crippen LogP contribution is -2.31. The van der Waals surface area contributed by atoms with Crippen LogP contribution in [0.4, 0.5) is 0 Å². The normalized spacial score (nSPS) is 33.2. The van der Waals surface area contributed by atoms with Crippen molar-refractivity contribution in [3.8, 4) is 5.75 Å². The molecule has 3 unspecified atom stereocenters. The standard InChI is InChI=1S/C24H38O/c1-4-5-6-19-7-16-24(18(2)17-19)22-10-8-20(9-11-22)21-12-14-23(25-3)15-13-21/h12-15,18-20,22,24H,4-11,16-17H2,1-3H3. The summed E-state index contributed by atoms with van der Waals surface area (Å²) < 4.78 is 5.30. The number of unbranched alkanes of at least 4 members (excludes halogenated alkanes) is 1. The lowest BCUT2D eigenvalue weighted by molar-refractivity contribution is 0.102. The highest BCUT2D eigenvalue weighted by molar-refractivity contribution is 5.29.